The molecule has 1 saturated carbocycles. The molecule has 0 unspecified atom stereocenters. The molecule has 0 saturated heterocycles. The van der Waals surface area contributed by atoms with Crippen molar-refractivity contribution in [1.82, 2.24) is 4.98 Å². The van der Waals surface area contributed by atoms with Crippen molar-refractivity contribution in [2.24, 2.45) is 0 Å². The summed E-state index contributed by atoms with van der Waals surface area (Å²) >= 11 is 0. The number of carbonyl (C=O) groups excluding carboxylic acids is 1. The van der Waals surface area contributed by atoms with Crippen LogP contribution in [0.4, 0.5) is 5.69 Å². The van der Waals surface area contributed by atoms with Gasteiger partial charge in [-0.05, 0) is 60.1 Å². The summed E-state index contributed by atoms with van der Waals surface area (Å²) in [5, 5.41) is 0. The van der Waals surface area contributed by atoms with Crippen LogP contribution in [0.25, 0.3) is 11.1 Å². The molecule has 1 aliphatic heterocycles. The lowest BCUT2D eigenvalue weighted by atomic mass is 10.00. The number of benzene rings is 2. The van der Waals surface area contributed by atoms with Crippen LogP contribution >= 0.6 is 0 Å². The summed E-state index contributed by atoms with van der Waals surface area (Å²) in [7, 11) is 0. The molecule has 1 amide bonds. The average Bonchev–Trinajstić information content (AvgIpc) is 3.48. The van der Waals surface area contributed by atoms with E-state index in [1.165, 1.54) is 11.1 Å². The number of rotatable bonds is 5. The first-order valence-electron chi connectivity index (χ1n) is 9.71. The topological polar surface area (TPSA) is 33.2 Å². The number of fused-ring (bicyclic) bond motifs is 1. The van der Waals surface area contributed by atoms with Crippen molar-refractivity contribution < 1.29 is 4.79 Å². The molecule has 2 aromatic carbocycles. The predicted octanol–water partition coefficient (Wildman–Crippen LogP) is 4.59. The van der Waals surface area contributed by atoms with Crippen LogP contribution in [-0.4, -0.2) is 16.9 Å². The first-order chi connectivity index (χ1) is 13.3. The molecule has 3 aromatic rings. The van der Waals surface area contributed by atoms with Crippen LogP contribution in [0.1, 0.15) is 29.5 Å². The molecule has 134 valence electrons. The van der Waals surface area contributed by atoms with Gasteiger partial charge in [0.05, 0.1) is 6.42 Å². The number of amides is 1. The summed E-state index contributed by atoms with van der Waals surface area (Å²) in [4.78, 5) is 18.8. The van der Waals surface area contributed by atoms with Gasteiger partial charge in [0, 0.05) is 29.7 Å². The molecule has 3 nitrogen and oxygen atoms in total. The van der Waals surface area contributed by atoms with E-state index in [1.807, 2.05) is 17.3 Å². The highest BCUT2D eigenvalue weighted by Crippen LogP contribution is 2.40. The van der Waals surface area contributed by atoms with Gasteiger partial charge in [-0.1, -0.05) is 42.5 Å². The van der Waals surface area contributed by atoms with Gasteiger partial charge in [-0.25, -0.2) is 0 Å². The molecule has 2 aliphatic rings. The molecule has 3 heteroatoms. The van der Waals surface area contributed by atoms with E-state index in [4.69, 9.17) is 0 Å². The minimum atomic E-state index is 0.249. The third-order valence-electron chi connectivity index (χ3n) is 5.54. The zero-order valence-corrected chi connectivity index (χ0v) is 15.3. The van der Waals surface area contributed by atoms with E-state index >= 15 is 0 Å². The molecule has 27 heavy (non-hydrogen) atoms. The van der Waals surface area contributed by atoms with E-state index < -0.39 is 0 Å². The van der Waals surface area contributed by atoms with Gasteiger partial charge in [-0.15, -0.1) is 0 Å². The second-order valence-corrected chi connectivity index (χ2v) is 7.58. The Morgan fingerprint density at radius 1 is 0.889 bits per heavy atom. The van der Waals surface area contributed by atoms with Crippen molar-refractivity contribution in [2.45, 2.75) is 38.1 Å². The maximum Gasteiger partial charge on any atom is 0.231 e. The lowest BCUT2D eigenvalue weighted by Gasteiger charge is -2.17. The molecular formula is C24H22N2O. The number of anilines is 1. The smallest absolute Gasteiger partial charge is 0.231 e. The minimum absolute atomic E-state index is 0.249. The fraction of sp³-hybridized carbons (Fsp3) is 0.250. The van der Waals surface area contributed by atoms with E-state index in [0.717, 1.165) is 48.1 Å². The lowest BCUT2D eigenvalue weighted by molar-refractivity contribution is -0.117. The molecule has 1 aliphatic carbocycles. The highest BCUT2D eigenvalue weighted by molar-refractivity contribution is 6.03. The molecule has 5 rings (SSSR count). The van der Waals surface area contributed by atoms with Crippen LogP contribution in [0.3, 0.4) is 0 Å². The number of aromatic nitrogens is 1. The number of aryl methyl sites for hydroxylation is 2. The highest BCUT2D eigenvalue weighted by atomic mass is 16.2. The van der Waals surface area contributed by atoms with Gasteiger partial charge >= 0.3 is 0 Å². The van der Waals surface area contributed by atoms with Crippen LogP contribution in [0.15, 0.2) is 67.0 Å². The molecule has 2 heterocycles. The Balaban J connectivity index is 1.40. The van der Waals surface area contributed by atoms with E-state index in [-0.39, 0.29) is 5.91 Å². The normalized spacial score (nSPS) is 15.9. The van der Waals surface area contributed by atoms with Gasteiger partial charge in [0.15, 0.2) is 0 Å². The molecule has 0 atom stereocenters. The zero-order chi connectivity index (χ0) is 18.2. The maximum atomic E-state index is 12.3. The predicted molar refractivity (Wildman–Crippen MR) is 108 cm³/mol. The number of nitrogens with zero attached hydrogens (tertiary/aromatic N) is 2. The second-order valence-electron chi connectivity index (χ2n) is 7.58. The summed E-state index contributed by atoms with van der Waals surface area (Å²) < 4.78 is 0. The van der Waals surface area contributed by atoms with E-state index in [9.17, 15) is 4.79 Å². The van der Waals surface area contributed by atoms with E-state index in [1.54, 1.807) is 0 Å². The number of hydrogen-bond acceptors (Lipinski definition) is 2. The Morgan fingerprint density at radius 3 is 2.52 bits per heavy atom. The van der Waals surface area contributed by atoms with Crippen LogP contribution < -0.4 is 4.90 Å². The van der Waals surface area contributed by atoms with Gasteiger partial charge in [0.1, 0.15) is 0 Å². The fourth-order valence-electron chi connectivity index (χ4n) is 3.95. The van der Waals surface area contributed by atoms with E-state index in [0.29, 0.717) is 12.5 Å². The Labute approximate surface area is 159 Å². The quantitative estimate of drug-likeness (QED) is 0.672. The zero-order valence-electron chi connectivity index (χ0n) is 15.3. The van der Waals surface area contributed by atoms with Crippen molar-refractivity contribution in [3.63, 3.8) is 0 Å². The number of hydrogen-bond donors (Lipinski definition) is 0. The molecule has 0 spiro atoms. The number of carbonyl (C=O) groups is 1. The fourth-order valence-corrected chi connectivity index (χ4v) is 3.95. The Bertz CT molecular complexity index is 992. The Kier molecular flexibility index (Phi) is 4.01. The molecule has 0 bridgehead atoms. The van der Waals surface area contributed by atoms with Crippen molar-refractivity contribution in [3.05, 3.63) is 83.7 Å². The average molecular weight is 354 g/mol. The van der Waals surface area contributed by atoms with Gasteiger partial charge in [0.25, 0.3) is 0 Å². The van der Waals surface area contributed by atoms with Crippen LogP contribution in [0.5, 0.6) is 0 Å². The highest BCUT2D eigenvalue weighted by Gasteiger charge is 2.38. The van der Waals surface area contributed by atoms with Gasteiger partial charge in [-0.3, -0.25) is 9.78 Å². The standard InChI is InChI=1S/C24H22N2O/c27-24-14-20-9-8-19(13-23(20)26(24)22-10-11-22)21-12-18(15-25-16-21)7-6-17-4-2-1-3-5-17/h1-5,8-9,12-13,15-16,22H,6-7,10-11,14H2. The van der Waals surface area contributed by atoms with Crippen LogP contribution in [0, 0.1) is 0 Å². The lowest BCUT2D eigenvalue weighted by Crippen LogP contribution is -2.28. The van der Waals surface area contributed by atoms with Crippen LogP contribution in [0.2, 0.25) is 0 Å². The van der Waals surface area contributed by atoms with Gasteiger partial charge in [-0.2, -0.15) is 0 Å². The molecular weight excluding hydrogens is 332 g/mol. The van der Waals surface area contributed by atoms with Gasteiger partial charge in [0.2, 0.25) is 5.91 Å². The largest absolute Gasteiger partial charge is 0.309 e. The first-order valence-corrected chi connectivity index (χ1v) is 9.71. The molecule has 0 N–H and O–H groups in total. The maximum absolute atomic E-state index is 12.3. The summed E-state index contributed by atoms with van der Waals surface area (Å²) in [6.07, 6.45) is 8.67. The molecule has 0 radical (unpaired) electrons. The third kappa shape index (κ3) is 3.25. The summed E-state index contributed by atoms with van der Waals surface area (Å²) in [5.41, 5.74) is 7.12. The first kappa shape index (κ1) is 16.2. The van der Waals surface area contributed by atoms with Crippen molar-refractivity contribution in [3.8, 4) is 11.1 Å². The second kappa shape index (κ2) is 6.66. The monoisotopic (exact) mass is 354 g/mol. The Hall–Kier alpha value is -2.94. The SMILES string of the molecule is O=C1Cc2ccc(-c3cncc(CCc4ccccc4)c3)cc2N1C1CC1. The third-order valence-corrected chi connectivity index (χ3v) is 5.54. The van der Waals surface area contributed by atoms with E-state index in [2.05, 4.69) is 59.6 Å². The van der Waals surface area contributed by atoms with Crippen molar-refractivity contribution >= 4 is 11.6 Å². The summed E-state index contributed by atoms with van der Waals surface area (Å²) in [5.74, 6) is 0.249. The summed E-state index contributed by atoms with van der Waals surface area (Å²) in [6.45, 7) is 0. The molecule has 1 aromatic heterocycles. The van der Waals surface area contributed by atoms with Crippen molar-refractivity contribution in [1.29, 1.82) is 0 Å². The minimum Gasteiger partial charge on any atom is -0.309 e. The van der Waals surface area contributed by atoms with Gasteiger partial charge < -0.3 is 4.90 Å². The van der Waals surface area contributed by atoms with Crippen molar-refractivity contribution in [2.75, 3.05) is 4.90 Å². The summed E-state index contributed by atoms with van der Waals surface area (Å²) in [6, 6.07) is 19.6. The molecule has 1 fully saturated rings. The van der Waals surface area contributed by atoms with Crippen LogP contribution in [-0.2, 0) is 24.1 Å². The Morgan fingerprint density at radius 2 is 1.70 bits per heavy atom. The number of pyridine rings is 1.